The lowest BCUT2D eigenvalue weighted by molar-refractivity contribution is 0.00796. The first kappa shape index (κ1) is 24.7. The summed E-state index contributed by atoms with van der Waals surface area (Å²) in [6.07, 6.45) is 0.370. The molecular weight excluding hydrogens is 478 g/mol. The van der Waals surface area contributed by atoms with Crippen LogP contribution in [0, 0.1) is 0 Å². The largest absolute Gasteiger partial charge is 0.444 e. The van der Waals surface area contributed by atoms with E-state index in [-0.39, 0.29) is 17.9 Å². The van der Waals surface area contributed by atoms with Crippen molar-refractivity contribution in [1.29, 1.82) is 0 Å². The van der Waals surface area contributed by atoms with Crippen molar-refractivity contribution in [3.63, 3.8) is 0 Å². The Labute approximate surface area is 215 Å². The fraction of sp³-hybridized carbons (Fsp3) is 0.538. The van der Waals surface area contributed by atoms with Crippen molar-refractivity contribution in [1.82, 2.24) is 24.6 Å². The summed E-state index contributed by atoms with van der Waals surface area (Å²) in [4.78, 5) is 50.5. The smallest absolute Gasteiger partial charge is 0.410 e. The van der Waals surface area contributed by atoms with E-state index >= 15 is 0 Å². The molecule has 36 heavy (non-hydrogen) atoms. The quantitative estimate of drug-likeness (QED) is 0.630. The molecule has 1 aromatic carbocycles. The van der Waals surface area contributed by atoms with Crippen LogP contribution in [0.15, 0.2) is 29.1 Å². The standard InChI is InChI=1S/C26H33N5O4S/c1-26(2,3)35-25(34)30-8-7-18-5-4-6-20(21(18)15-30)23(32)31-13-19(14-31)28-9-11-29(12-10-28)24(33)22-16-36-17-27-22/h4-6,16-17,19H,7-15H2,1-3H3. The molecule has 5 rings (SSSR count). The Kier molecular flexibility index (Phi) is 6.74. The number of fused-ring (bicyclic) bond motifs is 1. The van der Waals surface area contributed by atoms with Gasteiger partial charge in [-0.25, -0.2) is 9.78 Å². The van der Waals surface area contributed by atoms with Crippen LogP contribution >= 0.6 is 11.3 Å². The van der Waals surface area contributed by atoms with Gasteiger partial charge in [-0.15, -0.1) is 11.3 Å². The second-order valence-corrected chi connectivity index (χ2v) is 11.4. The first-order chi connectivity index (χ1) is 17.2. The Morgan fingerprint density at radius 1 is 0.972 bits per heavy atom. The first-order valence-corrected chi connectivity index (χ1v) is 13.4. The number of amides is 3. The highest BCUT2D eigenvalue weighted by Gasteiger charge is 2.38. The molecule has 0 unspecified atom stereocenters. The van der Waals surface area contributed by atoms with Crippen LogP contribution in [0.4, 0.5) is 4.79 Å². The van der Waals surface area contributed by atoms with Crippen molar-refractivity contribution in [3.8, 4) is 0 Å². The molecule has 192 valence electrons. The number of piperazine rings is 1. The Morgan fingerprint density at radius 3 is 2.39 bits per heavy atom. The summed E-state index contributed by atoms with van der Waals surface area (Å²) in [5.74, 6) is 0.0158. The zero-order valence-corrected chi connectivity index (χ0v) is 21.9. The van der Waals surface area contributed by atoms with Crippen LogP contribution in [0.3, 0.4) is 0 Å². The van der Waals surface area contributed by atoms with E-state index in [2.05, 4.69) is 9.88 Å². The van der Waals surface area contributed by atoms with Gasteiger partial charge in [-0.2, -0.15) is 0 Å². The molecule has 4 heterocycles. The van der Waals surface area contributed by atoms with Crippen LogP contribution in [0.5, 0.6) is 0 Å². The molecule has 3 amide bonds. The van der Waals surface area contributed by atoms with E-state index in [1.54, 1.807) is 15.8 Å². The Hall–Kier alpha value is -2.98. The zero-order chi connectivity index (χ0) is 25.4. The van der Waals surface area contributed by atoms with E-state index in [1.807, 2.05) is 48.8 Å². The molecule has 0 N–H and O–H groups in total. The van der Waals surface area contributed by atoms with Gasteiger partial charge in [-0.3, -0.25) is 14.5 Å². The minimum atomic E-state index is -0.557. The van der Waals surface area contributed by atoms with Crippen LogP contribution in [0.2, 0.25) is 0 Å². The highest BCUT2D eigenvalue weighted by atomic mass is 32.1. The van der Waals surface area contributed by atoms with E-state index in [4.69, 9.17) is 4.74 Å². The molecular formula is C26H33N5O4S. The van der Waals surface area contributed by atoms with Crippen LogP contribution < -0.4 is 0 Å². The van der Waals surface area contributed by atoms with Gasteiger partial charge < -0.3 is 19.4 Å². The minimum absolute atomic E-state index is 0.00408. The van der Waals surface area contributed by atoms with E-state index in [0.717, 1.165) is 24.2 Å². The summed E-state index contributed by atoms with van der Waals surface area (Å²) in [6, 6.07) is 6.16. The first-order valence-electron chi connectivity index (χ1n) is 12.5. The third-order valence-corrected chi connectivity index (χ3v) is 7.66. The number of hydrogen-bond acceptors (Lipinski definition) is 7. The van der Waals surface area contributed by atoms with Crippen molar-refractivity contribution in [2.45, 2.75) is 45.4 Å². The molecule has 3 aliphatic heterocycles. The van der Waals surface area contributed by atoms with Gasteiger partial charge in [0.25, 0.3) is 11.8 Å². The molecule has 2 fully saturated rings. The number of carbonyl (C=O) groups is 3. The SMILES string of the molecule is CC(C)(C)OC(=O)N1CCc2cccc(C(=O)N3CC(N4CCN(C(=O)c5cscn5)CC4)C3)c2C1. The Balaban J connectivity index is 1.17. The normalized spacial score (nSPS) is 19.0. The van der Waals surface area contributed by atoms with Crippen molar-refractivity contribution in [2.24, 2.45) is 0 Å². The molecule has 0 spiro atoms. The summed E-state index contributed by atoms with van der Waals surface area (Å²) in [6.45, 7) is 10.9. The Morgan fingerprint density at radius 2 is 1.72 bits per heavy atom. The lowest BCUT2D eigenvalue weighted by atomic mass is 9.93. The van der Waals surface area contributed by atoms with Gasteiger partial charge in [0, 0.05) is 62.8 Å². The molecule has 2 aromatic rings. The van der Waals surface area contributed by atoms with Crippen LogP contribution in [-0.2, 0) is 17.7 Å². The maximum absolute atomic E-state index is 13.4. The van der Waals surface area contributed by atoms with E-state index in [1.165, 1.54) is 11.3 Å². The average Bonchev–Trinajstić information content (AvgIpc) is 3.36. The van der Waals surface area contributed by atoms with Crippen molar-refractivity contribution in [2.75, 3.05) is 45.8 Å². The number of rotatable bonds is 3. The second kappa shape index (κ2) is 9.82. The number of hydrogen-bond donors (Lipinski definition) is 0. The third-order valence-electron chi connectivity index (χ3n) is 7.07. The predicted octanol–water partition coefficient (Wildman–Crippen LogP) is 2.72. The zero-order valence-electron chi connectivity index (χ0n) is 21.1. The molecule has 0 atom stereocenters. The molecule has 9 nitrogen and oxygen atoms in total. The highest BCUT2D eigenvalue weighted by molar-refractivity contribution is 7.07. The third kappa shape index (κ3) is 5.10. The number of likely N-dealkylation sites (tertiary alicyclic amines) is 1. The lowest BCUT2D eigenvalue weighted by Crippen LogP contribution is -2.64. The van der Waals surface area contributed by atoms with E-state index < -0.39 is 5.60 Å². The van der Waals surface area contributed by atoms with Gasteiger partial charge in [0.15, 0.2) is 0 Å². The topological polar surface area (TPSA) is 86.3 Å². The highest BCUT2D eigenvalue weighted by Crippen LogP contribution is 2.27. The number of benzene rings is 1. The predicted molar refractivity (Wildman–Crippen MR) is 136 cm³/mol. The van der Waals surface area contributed by atoms with Crippen molar-refractivity contribution in [3.05, 3.63) is 51.5 Å². The summed E-state index contributed by atoms with van der Waals surface area (Å²) in [5.41, 5.74) is 4.38. The molecule has 0 aliphatic carbocycles. The van der Waals surface area contributed by atoms with Gasteiger partial charge >= 0.3 is 6.09 Å². The summed E-state index contributed by atoms with van der Waals surface area (Å²) >= 11 is 1.43. The number of aromatic nitrogens is 1. The molecule has 1 aromatic heterocycles. The summed E-state index contributed by atoms with van der Waals surface area (Å²) < 4.78 is 5.56. The van der Waals surface area contributed by atoms with E-state index in [9.17, 15) is 14.4 Å². The second-order valence-electron chi connectivity index (χ2n) is 10.7. The van der Waals surface area contributed by atoms with Gasteiger partial charge in [0.1, 0.15) is 11.3 Å². The molecule has 0 radical (unpaired) electrons. The maximum atomic E-state index is 13.4. The monoisotopic (exact) mass is 511 g/mol. The number of thiazole rings is 1. The maximum Gasteiger partial charge on any atom is 0.410 e. The Bertz CT molecular complexity index is 1130. The van der Waals surface area contributed by atoms with Gasteiger partial charge in [0.2, 0.25) is 0 Å². The van der Waals surface area contributed by atoms with Crippen LogP contribution in [0.1, 0.15) is 52.7 Å². The van der Waals surface area contributed by atoms with Crippen molar-refractivity contribution < 1.29 is 19.1 Å². The fourth-order valence-corrected chi connectivity index (χ4v) is 5.58. The van der Waals surface area contributed by atoms with Gasteiger partial charge in [-0.1, -0.05) is 12.1 Å². The lowest BCUT2D eigenvalue weighted by Gasteiger charge is -2.48. The number of ether oxygens (including phenoxy) is 1. The van der Waals surface area contributed by atoms with E-state index in [0.29, 0.717) is 63.0 Å². The molecule has 0 bridgehead atoms. The number of carbonyl (C=O) groups excluding carboxylic acids is 3. The molecule has 0 saturated carbocycles. The van der Waals surface area contributed by atoms with Gasteiger partial charge in [-0.05, 0) is 44.4 Å². The summed E-state index contributed by atoms with van der Waals surface area (Å²) in [5, 5.41) is 1.79. The number of nitrogens with zero attached hydrogens (tertiary/aromatic N) is 5. The van der Waals surface area contributed by atoms with Crippen LogP contribution in [-0.4, -0.2) is 99.9 Å². The van der Waals surface area contributed by atoms with Crippen molar-refractivity contribution >= 4 is 29.2 Å². The molecule has 2 saturated heterocycles. The average molecular weight is 512 g/mol. The fourth-order valence-electron chi connectivity index (χ4n) is 5.06. The van der Waals surface area contributed by atoms with Crippen LogP contribution in [0.25, 0.3) is 0 Å². The minimum Gasteiger partial charge on any atom is -0.444 e. The molecule has 3 aliphatic rings. The molecule has 10 heteroatoms. The van der Waals surface area contributed by atoms with Gasteiger partial charge in [0.05, 0.1) is 12.1 Å². The summed E-state index contributed by atoms with van der Waals surface area (Å²) in [7, 11) is 0.